The van der Waals surface area contributed by atoms with Gasteiger partial charge in [-0.15, -0.1) is 0 Å². The minimum Gasteiger partial charge on any atom is -0.314 e. The summed E-state index contributed by atoms with van der Waals surface area (Å²) in [5.74, 6) is -0.543. The maximum Gasteiger partial charge on any atom is 0.272 e. The van der Waals surface area contributed by atoms with Gasteiger partial charge in [0.25, 0.3) is 5.69 Å². The van der Waals surface area contributed by atoms with Gasteiger partial charge in [-0.3, -0.25) is 10.1 Å². The van der Waals surface area contributed by atoms with Crippen LogP contribution in [0.3, 0.4) is 0 Å². The zero-order chi connectivity index (χ0) is 14.3. The lowest BCUT2D eigenvalue weighted by atomic mass is 10.0. The van der Waals surface area contributed by atoms with E-state index < -0.39 is 10.7 Å². The van der Waals surface area contributed by atoms with E-state index in [0.29, 0.717) is 18.0 Å². The van der Waals surface area contributed by atoms with Gasteiger partial charge in [0.2, 0.25) is 0 Å². The highest BCUT2D eigenvalue weighted by Gasteiger charge is 2.11. The van der Waals surface area contributed by atoms with Crippen LogP contribution in [-0.4, -0.2) is 17.5 Å². The molecule has 1 atom stereocenters. The highest BCUT2D eigenvalue weighted by Crippen LogP contribution is 2.18. The summed E-state index contributed by atoms with van der Waals surface area (Å²) in [4.78, 5) is 10.1. The fraction of sp³-hybridized carbons (Fsp3) is 0.571. The van der Waals surface area contributed by atoms with Crippen molar-refractivity contribution in [2.45, 2.75) is 45.6 Å². The van der Waals surface area contributed by atoms with E-state index >= 15 is 0 Å². The number of aryl methyl sites for hydroxylation is 1. The maximum atomic E-state index is 13.3. The first-order chi connectivity index (χ1) is 9.06. The lowest BCUT2D eigenvalue weighted by Gasteiger charge is -2.16. The summed E-state index contributed by atoms with van der Waals surface area (Å²) in [6, 6.07) is 4.16. The SMILES string of the molecule is CCCNC(CC)CCc1cc(F)cc([N+](=O)[O-])c1. The van der Waals surface area contributed by atoms with E-state index in [2.05, 4.69) is 19.2 Å². The van der Waals surface area contributed by atoms with E-state index in [4.69, 9.17) is 0 Å². The van der Waals surface area contributed by atoms with Crippen molar-refractivity contribution < 1.29 is 9.31 Å². The number of nitrogens with zero attached hydrogens (tertiary/aromatic N) is 1. The van der Waals surface area contributed by atoms with Crippen LogP contribution in [0.5, 0.6) is 0 Å². The molecule has 0 spiro atoms. The normalized spacial score (nSPS) is 12.4. The summed E-state index contributed by atoms with van der Waals surface area (Å²) in [7, 11) is 0. The van der Waals surface area contributed by atoms with Gasteiger partial charge in [-0.05, 0) is 43.9 Å². The quantitative estimate of drug-likeness (QED) is 0.580. The molecule has 0 heterocycles. The minimum atomic E-state index is -0.556. The van der Waals surface area contributed by atoms with Crippen molar-refractivity contribution in [2.75, 3.05) is 6.54 Å². The Labute approximate surface area is 113 Å². The molecule has 4 nitrogen and oxygen atoms in total. The van der Waals surface area contributed by atoms with Crippen LogP contribution in [0, 0.1) is 15.9 Å². The van der Waals surface area contributed by atoms with Gasteiger partial charge in [-0.2, -0.15) is 0 Å². The highest BCUT2D eigenvalue weighted by atomic mass is 19.1. The van der Waals surface area contributed by atoms with Crippen LogP contribution in [0.15, 0.2) is 18.2 Å². The van der Waals surface area contributed by atoms with Crippen molar-refractivity contribution in [2.24, 2.45) is 0 Å². The van der Waals surface area contributed by atoms with E-state index in [1.165, 1.54) is 12.1 Å². The first-order valence-electron chi connectivity index (χ1n) is 6.74. The number of benzene rings is 1. The first-order valence-corrected chi connectivity index (χ1v) is 6.74. The summed E-state index contributed by atoms with van der Waals surface area (Å²) >= 11 is 0. The predicted molar refractivity (Wildman–Crippen MR) is 73.7 cm³/mol. The van der Waals surface area contributed by atoms with Crippen LogP contribution in [0.2, 0.25) is 0 Å². The predicted octanol–water partition coefficient (Wildman–Crippen LogP) is 3.44. The van der Waals surface area contributed by atoms with E-state index in [0.717, 1.165) is 31.9 Å². The van der Waals surface area contributed by atoms with Crippen molar-refractivity contribution in [1.29, 1.82) is 0 Å². The number of nitro benzene ring substituents is 1. The van der Waals surface area contributed by atoms with Gasteiger partial charge in [0.1, 0.15) is 5.82 Å². The summed E-state index contributed by atoms with van der Waals surface area (Å²) in [6.45, 7) is 5.17. The molecule has 0 bridgehead atoms. The lowest BCUT2D eigenvalue weighted by Crippen LogP contribution is -2.29. The Bertz CT molecular complexity index is 424. The van der Waals surface area contributed by atoms with Crippen LogP contribution in [0.4, 0.5) is 10.1 Å². The number of hydrogen-bond acceptors (Lipinski definition) is 3. The van der Waals surface area contributed by atoms with Crippen LogP contribution in [-0.2, 0) is 6.42 Å². The molecular weight excluding hydrogens is 247 g/mol. The van der Waals surface area contributed by atoms with Crippen molar-refractivity contribution >= 4 is 5.69 Å². The zero-order valence-electron chi connectivity index (χ0n) is 11.5. The average molecular weight is 268 g/mol. The van der Waals surface area contributed by atoms with Crippen molar-refractivity contribution in [3.8, 4) is 0 Å². The second-order valence-corrected chi connectivity index (χ2v) is 4.67. The summed E-state index contributed by atoms with van der Waals surface area (Å²) in [6.07, 6.45) is 3.57. The molecule has 1 aromatic rings. The first kappa shape index (κ1) is 15.6. The molecule has 1 unspecified atom stereocenters. The Morgan fingerprint density at radius 2 is 2.11 bits per heavy atom. The van der Waals surface area contributed by atoms with Gasteiger partial charge in [-0.1, -0.05) is 13.8 Å². The maximum absolute atomic E-state index is 13.3. The molecule has 0 aliphatic heterocycles. The molecule has 19 heavy (non-hydrogen) atoms. The summed E-state index contributed by atoms with van der Waals surface area (Å²) < 4.78 is 13.3. The fourth-order valence-electron chi connectivity index (χ4n) is 2.02. The number of halogens is 1. The third kappa shape index (κ3) is 5.34. The third-order valence-electron chi connectivity index (χ3n) is 3.11. The molecule has 0 aliphatic carbocycles. The van der Waals surface area contributed by atoms with E-state index in [1.54, 1.807) is 0 Å². The Morgan fingerprint density at radius 3 is 2.68 bits per heavy atom. The molecule has 0 aliphatic rings. The van der Waals surface area contributed by atoms with Gasteiger partial charge in [0.15, 0.2) is 0 Å². The van der Waals surface area contributed by atoms with E-state index in [1.807, 2.05) is 0 Å². The van der Waals surface area contributed by atoms with Crippen LogP contribution in [0.1, 0.15) is 38.7 Å². The standard InChI is InChI=1S/C14H21FN2O2/c1-3-7-16-13(4-2)6-5-11-8-12(15)10-14(9-11)17(18)19/h8-10,13,16H,3-7H2,1-2H3. The fourth-order valence-corrected chi connectivity index (χ4v) is 2.02. The number of nitrogens with one attached hydrogen (secondary N) is 1. The molecule has 1 rings (SSSR count). The van der Waals surface area contributed by atoms with Crippen LogP contribution in [0.25, 0.3) is 0 Å². The van der Waals surface area contributed by atoms with E-state index in [-0.39, 0.29) is 5.69 Å². The van der Waals surface area contributed by atoms with Crippen LogP contribution < -0.4 is 5.32 Å². The molecule has 0 saturated heterocycles. The largest absolute Gasteiger partial charge is 0.314 e. The van der Waals surface area contributed by atoms with E-state index in [9.17, 15) is 14.5 Å². The lowest BCUT2D eigenvalue weighted by molar-refractivity contribution is -0.385. The highest BCUT2D eigenvalue weighted by molar-refractivity contribution is 5.35. The average Bonchev–Trinajstić information content (AvgIpc) is 2.38. The summed E-state index contributed by atoms with van der Waals surface area (Å²) in [5, 5.41) is 14.1. The van der Waals surface area contributed by atoms with Gasteiger partial charge >= 0.3 is 0 Å². The molecule has 0 saturated carbocycles. The van der Waals surface area contributed by atoms with Crippen molar-refractivity contribution in [3.63, 3.8) is 0 Å². The molecule has 0 fully saturated rings. The number of non-ortho nitro benzene ring substituents is 1. The molecule has 5 heteroatoms. The van der Waals surface area contributed by atoms with Crippen molar-refractivity contribution in [3.05, 3.63) is 39.7 Å². The monoisotopic (exact) mass is 268 g/mol. The number of rotatable bonds is 8. The molecule has 1 N–H and O–H groups in total. The zero-order valence-corrected chi connectivity index (χ0v) is 11.5. The molecule has 0 radical (unpaired) electrons. The Morgan fingerprint density at radius 1 is 1.37 bits per heavy atom. The molecule has 0 aromatic heterocycles. The van der Waals surface area contributed by atoms with Gasteiger partial charge in [0, 0.05) is 12.1 Å². The number of nitro groups is 1. The van der Waals surface area contributed by atoms with Crippen LogP contribution >= 0.6 is 0 Å². The number of hydrogen-bond donors (Lipinski definition) is 1. The topological polar surface area (TPSA) is 55.2 Å². The molecule has 1 aromatic carbocycles. The molecular formula is C14H21FN2O2. The Hall–Kier alpha value is -1.49. The second kappa shape index (κ2) is 7.84. The molecule has 0 amide bonds. The third-order valence-corrected chi connectivity index (χ3v) is 3.11. The minimum absolute atomic E-state index is 0.176. The van der Waals surface area contributed by atoms with Gasteiger partial charge in [-0.25, -0.2) is 4.39 Å². The Balaban J connectivity index is 2.63. The Kier molecular flexibility index (Phi) is 6.42. The van der Waals surface area contributed by atoms with Crippen molar-refractivity contribution in [1.82, 2.24) is 5.32 Å². The molecule has 106 valence electrons. The summed E-state index contributed by atoms with van der Waals surface area (Å²) in [5.41, 5.74) is 0.507. The smallest absolute Gasteiger partial charge is 0.272 e. The van der Waals surface area contributed by atoms with Gasteiger partial charge < -0.3 is 5.32 Å². The second-order valence-electron chi connectivity index (χ2n) is 4.67. The van der Waals surface area contributed by atoms with Gasteiger partial charge in [0.05, 0.1) is 11.0 Å².